The van der Waals surface area contributed by atoms with Crippen LogP contribution in [0.5, 0.6) is 0 Å². The second kappa shape index (κ2) is 11.0. The topological polar surface area (TPSA) is 88.9 Å². The molecule has 0 bridgehead atoms. The van der Waals surface area contributed by atoms with Crippen LogP contribution in [0.25, 0.3) is 0 Å². The van der Waals surface area contributed by atoms with Gasteiger partial charge in [0.25, 0.3) is 0 Å². The van der Waals surface area contributed by atoms with E-state index in [2.05, 4.69) is 27.4 Å². The van der Waals surface area contributed by atoms with E-state index in [-0.39, 0.29) is 24.0 Å². The summed E-state index contributed by atoms with van der Waals surface area (Å²) >= 11 is 13.2. The number of carbonyl (C=O) groups excluding carboxylic acids is 2. The molecule has 160 valence electrons. The molecular formula is C21H19Cl2N5O2S. The fraction of sp³-hybridized carbons (Fsp3) is 0.143. The fourth-order valence-electron chi connectivity index (χ4n) is 2.66. The first kappa shape index (κ1) is 22.9. The van der Waals surface area contributed by atoms with Gasteiger partial charge in [-0.3, -0.25) is 9.59 Å². The van der Waals surface area contributed by atoms with E-state index in [1.54, 1.807) is 59.2 Å². The van der Waals surface area contributed by atoms with E-state index in [4.69, 9.17) is 23.2 Å². The highest BCUT2D eigenvalue weighted by Crippen LogP contribution is 2.22. The molecule has 1 aromatic heterocycles. The van der Waals surface area contributed by atoms with Crippen LogP contribution in [0.2, 0.25) is 10.0 Å². The minimum absolute atomic E-state index is 0.00132. The number of rotatable bonds is 9. The average Bonchev–Trinajstić information content (AvgIpc) is 3.10. The number of nitrogens with one attached hydrogen (secondary N) is 2. The van der Waals surface area contributed by atoms with Gasteiger partial charge < -0.3 is 15.2 Å². The zero-order valence-electron chi connectivity index (χ0n) is 16.3. The fourth-order valence-corrected chi connectivity index (χ4v) is 3.80. The maximum atomic E-state index is 12.4. The van der Waals surface area contributed by atoms with E-state index >= 15 is 0 Å². The van der Waals surface area contributed by atoms with Gasteiger partial charge in [-0.15, -0.1) is 16.8 Å². The number of hydrogen-bond acceptors (Lipinski definition) is 5. The molecule has 2 amide bonds. The first-order valence-electron chi connectivity index (χ1n) is 9.22. The number of aromatic nitrogens is 3. The van der Waals surface area contributed by atoms with Crippen LogP contribution in [0, 0.1) is 0 Å². The van der Waals surface area contributed by atoms with Crippen molar-refractivity contribution in [2.75, 3.05) is 16.4 Å². The third kappa shape index (κ3) is 6.58. The number of amides is 2. The number of thioether (sulfide) groups is 1. The Morgan fingerprint density at radius 3 is 2.61 bits per heavy atom. The van der Waals surface area contributed by atoms with Crippen molar-refractivity contribution in [2.24, 2.45) is 0 Å². The zero-order valence-corrected chi connectivity index (χ0v) is 18.7. The summed E-state index contributed by atoms with van der Waals surface area (Å²) in [7, 11) is 0. The van der Waals surface area contributed by atoms with Crippen molar-refractivity contribution in [1.29, 1.82) is 0 Å². The smallest absolute Gasteiger partial charge is 0.234 e. The van der Waals surface area contributed by atoms with Crippen LogP contribution in [0.1, 0.15) is 5.82 Å². The van der Waals surface area contributed by atoms with Gasteiger partial charge in [0.1, 0.15) is 5.82 Å². The predicted octanol–water partition coefficient (Wildman–Crippen LogP) is 4.68. The summed E-state index contributed by atoms with van der Waals surface area (Å²) < 4.78 is 1.75. The summed E-state index contributed by atoms with van der Waals surface area (Å²) in [5, 5.41) is 15.3. The van der Waals surface area contributed by atoms with E-state index in [0.29, 0.717) is 38.9 Å². The van der Waals surface area contributed by atoms with Crippen molar-refractivity contribution in [3.63, 3.8) is 0 Å². The van der Waals surface area contributed by atoms with Gasteiger partial charge in [0.05, 0.1) is 22.9 Å². The maximum Gasteiger partial charge on any atom is 0.234 e. The molecule has 1 heterocycles. The lowest BCUT2D eigenvalue weighted by molar-refractivity contribution is -0.116. The van der Waals surface area contributed by atoms with Gasteiger partial charge in [-0.25, -0.2) is 0 Å². The third-order valence-electron chi connectivity index (χ3n) is 4.01. The summed E-state index contributed by atoms with van der Waals surface area (Å²) in [5.41, 5.74) is 1.14. The van der Waals surface area contributed by atoms with Crippen molar-refractivity contribution in [1.82, 2.24) is 14.8 Å². The highest BCUT2D eigenvalue weighted by molar-refractivity contribution is 7.99. The second-order valence-corrected chi connectivity index (χ2v) is 8.14. The molecule has 0 aliphatic heterocycles. The third-order valence-corrected chi connectivity index (χ3v) is 5.54. The molecule has 7 nitrogen and oxygen atoms in total. The summed E-state index contributed by atoms with van der Waals surface area (Å²) in [6.07, 6.45) is 1.68. The Hall–Kier alpha value is -2.81. The number of hydrogen-bond donors (Lipinski definition) is 2. The number of carbonyl (C=O) groups is 2. The second-order valence-electron chi connectivity index (χ2n) is 6.35. The molecule has 0 atom stereocenters. The molecule has 0 aliphatic rings. The monoisotopic (exact) mass is 475 g/mol. The van der Waals surface area contributed by atoms with Gasteiger partial charge >= 0.3 is 0 Å². The van der Waals surface area contributed by atoms with Crippen molar-refractivity contribution >= 4 is 58.2 Å². The molecule has 0 saturated carbocycles. The molecule has 3 rings (SSSR count). The van der Waals surface area contributed by atoms with Crippen LogP contribution < -0.4 is 10.6 Å². The SMILES string of the molecule is C=CCn1c(CC(=O)Nc2ccccc2Cl)nnc1SCC(=O)Nc1cccc(Cl)c1. The van der Waals surface area contributed by atoms with Gasteiger partial charge in [-0.1, -0.05) is 59.2 Å². The number of anilines is 2. The van der Waals surface area contributed by atoms with Gasteiger partial charge in [-0.05, 0) is 30.3 Å². The quantitative estimate of drug-likeness (QED) is 0.346. The first-order valence-corrected chi connectivity index (χ1v) is 11.0. The van der Waals surface area contributed by atoms with Crippen molar-refractivity contribution in [3.8, 4) is 0 Å². The lowest BCUT2D eigenvalue weighted by atomic mass is 10.3. The molecule has 0 saturated heterocycles. The van der Waals surface area contributed by atoms with Gasteiger partial charge in [0.2, 0.25) is 11.8 Å². The number of nitrogens with zero attached hydrogens (tertiary/aromatic N) is 3. The van der Waals surface area contributed by atoms with E-state index < -0.39 is 0 Å². The van der Waals surface area contributed by atoms with Crippen LogP contribution >= 0.6 is 35.0 Å². The molecule has 0 aliphatic carbocycles. The van der Waals surface area contributed by atoms with Gasteiger partial charge in [0.15, 0.2) is 5.16 Å². The lowest BCUT2D eigenvalue weighted by Gasteiger charge is -2.09. The van der Waals surface area contributed by atoms with Crippen LogP contribution in [-0.4, -0.2) is 32.3 Å². The highest BCUT2D eigenvalue weighted by atomic mass is 35.5. The highest BCUT2D eigenvalue weighted by Gasteiger charge is 2.17. The molecule has 0 unspecified atom stereocenters. The number of allylic oxidation sites excluding steroid dienone is 1. The molecule has 10 heteroatoms. The van der Waals surface area contributed by atoms with E-state index in [0.717, 1.165) is 0 Å². The summed E-state index contributed by atoms with van der Waals surface area (Å²) in [5.74, 6) is 0.0925. The zero-order chi connectivity index (χ0) is 22.2. The predicted molar refractivity (Wildman–Crippen MR) is 125 cm³/mol. The Balaban J connectivity index is 1.63. The summed E-state index contributed by atoms with van der Waals surface area (Å²) in [4.78, 5) is 24.7. The largest absolute Gasteiger partial charge is 0.325 e. The molecule has 2 aromatic carbocycles. The minimum Gasteiger partial charge on any atom is -0.325 e. The molecule has 0 fully saturated rings. The molecule has 0 radical (unpaired) electrons. The summed E-state index contributed by atoms with van der Waals surface area (Å²) in [6.45, 7) is 4.14. The van der Waals surface area contributed by atoms with Gasteiger partial charge in [-0.2, -0.15) is 0 Å². The van der Waals surface area contributed by atoms with E-state index in [9.17, 15) is 9.59 Å². The Bertz CT molecular complexity index is 1100. The number of para-hydroxylation sites is 1. The lowest BCUT2D eigenvalue weighted by Crippen LogP contribution is -2.18. The molecular weight excluding hydrogens is 457 g/mol. The summed E-state index contributed by atoms with van der Waals surface area (Å²) in [6, 6.07) is 13.9. The standard InChI is InChI=1S/C21H19Cl2N5O2S/c1-2-10-28-18(12-19(29)25-17-9-4-3-8-16(17)23)26-27-21(28)31-13-20(30)24-15-7-5-6-14(22)11-15/h2-9,11H,1,10,12-13H2,(H,24,30)(H,25,29). The Morgan fingerprint density at radius 2 is 1.87 bits per heavy atom. The molecule has 3 aromatic rings. The van der Waals surface area contributed by atoms with Crippen LogP contribution in [0.15, 0.2) is 66.3 Å². The number of benzene rings is 2. The average molecular weight is 476 g/mol. The van der Waals surface area contributed by atoms with Crippen LogP contribution in [0.3, 0.4) is 0 Å². The van der Waals surface area contributed by atoms with E-state index in [1.807, 2.05) is 0 Å². The first-order chi connectivity index (χ1) is 15.0. The maximum absolute atomic E-state index is 12.4. The molecule has 0 spiro atoms. The van der Waals surface area contributed by atoms with Crippen molar-refractivity contribution in [3.05, 3.63) is 77.1 Å². The van der Waals surface area contributed by atoms with Crippen LogP contribution in [-0.2, 0) is 22.6 Å². The molecule has 31 heavy (non-hydrogen) atoms. The minimum atomic E-state index is -0.277. The molecule has 2 N–H and O–H groups in total. The number of halogens is 2. The van der Waals surface area contributed by atoms with E-state index in [1.165, 1.54) is 11.8 Å². The van der Waals surface area contributed by atoms with Crippen molar-refractivity contribution in [2.45, 2.75) is 18.1 Å². The Morgan fingerprint density at radius 1 is 1.06 bits per heavy atom. The Labute approximate surface area is 193 Å². The Kier molecular flexibility index (Phi) is 8.11. The van der Waals surface area contributed by atoms with Crippen LogP contribution in [0.4, 0.5) is 11.4 Å². The van der Waals surface area contributed by atoms with Gasteiger partial charge in [0, 0.05) is 17.3 Å². The van der Waals surface area contributed by atoms with Crippen molar-refractivity contribution < 1.29 is 9.59 Å². The normalized spacial score (nSPS) is 10.5.